The molecule has 2 aromatic heterocycles. The topological polar surface area (TPSA) is 244 Å². The molecule has 0 spiro atoms. The molecule has 18 nitrogen and oxygen atoms in total. The van der Waals surface area contributed by atoms with E-state index in [1.165, 1.54) is 22.0 Å². The highest BCUT2D eigenvalue weighted by Gasteiger charge is 2.52. The molecule has 84 heavy (non-hydrogen) atoms. The summed E-state index contributed by atoms with van der Waals surface area (Å²) in [6.07, 6.45) is -8.62. The van der Waals surface area contributed by atoms with Crippen LogP contribution in [-0.4, -0.2) is 151 Å². The minimum atomic E-state index is -4.29. The molecule has 0 aliphatic carbocycles. The molecule has 0 unspecified atom stereocenters. The van der Waals surface area contributed by atoms with Crippen LogP contribution in [0.25, 0.3) is 11.1 Å². The largest absolute Gasteiger partial charge is 0.495 e. The van der Waals surface area contributed by atoms with Gasteiger partial charge in [-0.3, -0.25) is 0 Å². The van der Waals surface area contributed by atoms with E-state index < -0.39 is 61.7 Å². The van der Waals surface area contributed by atoms with Crippen LogP contribution in [0.3, 0.4) is 0 Å². The van der Waals surface area contributed by atoms with E-state index in [2.05, 4.69) is 53.8 Å². The van der Waals surface area contributed by atoms with Crippen molar-refractivity contribution in [1.82, 2.24) is 19.8 Å². The van der Waals surface area contributed by atoms with Crippen molar-refractivity contribution in [2.24, 2.45) is 0 Å². The number of hydrogen-bond donors (Lipinski definition) is 8. The van der Waals surface area contributed by atoms with Crippen LogP contribution in [0.2, 0.25) is 0 Å². The summed E-state index contributed by atoms with van der Waals surface area (Å²) in [5.41, 5.74) is 16.2. The van der Waals surface area contributed by atoms with Gasteiger partial charge in [0.1, 0.15) is 23.3 Å². The van der Waals surface area contributed by atoms with E-state index in [9.17, 15) is 41.0 Å². The van der Waals surface area contributed by atoms with Crippen LogP contribution in [0.1, 0.15) is 93.2 Å². The van der Waals surface area contributed by atoms with E-state index in [1.807, 2.05) is 87.4 Å². The van der Waals surface area contributed by atoms with Crippen molar-refractivity contribution in [3.63, 3.8) is 0 Å². The van der Waals surface area contributed by atoms with Crippen molar-refractivity contribution in [2.75, 3.05) is 98.4 Å². The maximum absolute atomic E-state index is 12.6. The first-order chi connectivity index (χ1) is 39.2. The number of alkyl halides is 6. The molecular formula is C58H84BF6IN10O8. The van der Waals surface area contributed by atoms with Gasteiger partial charge >= 0.3 is 31.5 Å². The van der Waals surface area contributed by atoms with E-state index in [-0.39, 0.29) is 43.4 Å². The summed E-state index contributed by atoms with van der Waals surface area (Å²) in [7, 11) is -0.566. The molecule has 4 amide bonds. The van der Waals surface area contributed by atoms with E-state index >= 15 is 0 Å². The number of ether oxygens (including phenoxy) is 2. The first-order valence-corrected chi connectivity index (χ1v) is 28.6. The number of carbonyl (C=O) groups is 2. The van der Waals surface area contributed by atoms with E-state index in [4.69, 9.17) is 35.4 Å². The summed E-state index contributed by atoms with van der Waals surface area (Å²) in [6, 6.07) is 17.0. The molecule has 4 aromatic rings. The number of halogens is 7. The summed E-state index contributed by atoms with van der Waals surface area (Å²) in [5.74, 6) is 1.99. The van der Waals surface area contributed by atoms with E-state index in [1.54, 1.807) is 56.3 Å². The van der Waals surface area contributed by atoms with Gasteiger partial charge in [0.25, 0.3) is 0 Å². The van der Waals surface area contributed by atoms with Crippen LogP contribution in [0, 0.1) is 17.4 Å². The van der Waals surface area contributed by atoms with Gasteiger partial charge in [-0.15, -0.1) is 0 Å². The Hall–Kier alpha value is -5.91. The van der Waals surface area contributed by atoms with E-state index in [0.717, 1.165) is 57.7 Å². The smallest absolute Gasteiger partial charge is 0.399 e. The van der Waals surface area contributed by atoms with Gasteiger partial charge in [-0.1, -0.05) is 29.8 Å². The number of benzene rings is 2. The zero-order chi connectivity index (χ0) is 63.2. The molecule has 7 rings (SSSR count). The summed E-state index contributed by atoms with van der Waals surface area (Å²) in [6.45, 7) is 27.4. The average molecular weight is 1300 g/mol. The summed E-state index contributed by atoms with van der Waals surface area (Å²) >= 11 is 2.17. The number of aryl methyl sites for hydroxylation is 2. The predicted octanol–water partition coefficient (Wildman–Crippen LogP) is 11.3. The second-order valence-electron chi connectivity index (χ2n) is 20.9. The molecule has 0 saturated carbocycles. The molecule has 0 radical (unpaired) electrons. The quantitative estimate of drug-likeness (QED) is 0.0225. The maximum atomic E-state index is 12.6. The zero-order valence-corrected chi connectivity index (χ0v) is 52.2. The van der Waals surface area contributed by atoms with Crippen molar-refractivity contribution in [1.29, 1.82) is 0 Å². The molecule has 466 valence electrons. The van der Waals surface area contributed by atoms with Crippen LogP contribution in [0.5, 0.6) is 0 Å². The lowest BCUT2D eigenvalue weighted by atomic mass is 9.76. The minimum Gasteiger partial charge on any atom is -0.399 e. The van der Waals surface area contributed by atoms with Crippen molar-refractivity contribution >= 4 is 81.9 Å². The lowest BCUT2D eigenvalue weighted by Crippen LogP contribution is -2.41. The number of aliphatic hydroxyl groups is 2. The Kier molecular flexibility index (Phi) is 29.0. The van der Waals surface area contributed by atoms with Gasteiger partial charge in [-0.2, -0.15) is 26.3 Å². The number of aromatic nitrogens is 2. The molecule has 1 fully saturated rings. The summed E-state index contributed by atoms with van der Waals surface area (Å²) < 4.78 is 98.2. The number of nitrogens with one attached hydrogen (secondary N) is 4. The van der Waals surface area contributed by atoms with Gasteiger partial charge < -0.3 is 71.5 Å². The van der Waals surface area contributed by atoms with Gasteiger partial charge in [0, 0.05) is 80.6 Å². The molecule has 5 heterocycles. The van der Waals surface area contributed by atoms with Gasteiger partial charge in [0.2, 0.25) is 0 Å². The number of amides is 4. The number of nitrogens with zero attached hydrogens (tertiary/aromatic N) is 4. The van der Waals surface area contributed by atoms with Crippen LogP contribution < -0.4 is 38.2 Å². The Morgan fingerprint density at radius 2 is 1.10 bits per heavy atom. The Balaban J connectivity index is 0.000000323. The van der Waals surface area contributed by atoms with Crippen LogP contribution in [-0.2, 0) is 18.8 Å². The normalized spacial score (nSPS) is 15.8. The molecule has 1 saturated heterocycles. The lowest BCUT2D eigenvalue weighted by Gasteiger charge is -2.32. The van der Waals surface area contributed by atoms with Crippen LogP contribution in [0.4, 0.5) is 70.6 Å². The highest BCUT2D eigenvalue weighted by molar-refractivity contribution is 14.1. The Bertz CT molecular complexity index is 2760. The number of rotatable bonds is 16. The molecule has 3 aliphatic rings. The Morgan fingerprint density at radius 1 is 0.679 bits per heavy atom. The molecule has 10 N–H and O–H groups in total. The standard InChI is InChI=1S/C22H26F3N5O2.C20H26BF3N2O3.C8H12IN3O.2C4H10O/c1-13-3-4-17(28-21(32)30-6-5-15(12-30)10-22(23,24)25)9-18(13)16-7-19(26)29-20(8-16)27-11-14(2)31;1-13-6-7-15(10-16(13)21-28-18(2,3)19(4,5)29-21)25-17(27)26-9-8-14(12-26)11-20(22,23)24;1-5(13)4-11-8-3-6(9)2-7(10)12-8;2*1-3-5-4-2/h3-5,7-9,14,31H,6,10-12H2,1-2H3,(H,28,32)(H3,26,27,29);6-8,10H,9,11-12H2,1-5H3,(H,25,27);2-3,5,13H,4H2,1H3,(H3,10,11,12);2*3-4H2,1-2H3/t14-;;5-;;/m1.1../s1. The third-order valence-electron chi connectivity index (χ3n) is 12.9. The molecular weight excluding hydrogens is 1220 g/mol. The monoisotopic (exact) mass is 1300 g/mol. The maximum Gasteiger partial charge on any atom is 0.495 e. The second-order valence-corrected chi connectivity index (χ2v) is 22.1. The highest BCUT2D eigenvalue weighted by Crippen LogP contribution is 2.37. The number of nitrogen functional groups attached to an aromatic ring is 2. The number of hydrogen-bond acceptors (Lipinski definition) is 14. The van der Waals surface area contributed by atoms with Crippen molar-refractivity contribution < 1.29 is 64.9 Å². The predicted molar refractivity (Wildman–Crippen MR) is 330 cm³/mol. The first-order valence-electron chi connectivity index (χ1n) is 27.6. The fourth-order valence-corrected chi connectivity index (χ4v) is 8.60. The third kappa shape index (κ3) is 25.7. The number of aliphatic hydroxyl groups excluding tert-OH is 2. The minimum absolute atomic E-state index is 0.0265. The third-order valence-corrected chi connectivity index (χ3v) is 13.5. The molecule has 3 aliphatic heterocycles. The fourth-order valence-electron chi connectivity index (χ4n) is 7.98. The SMILES string of the molecule is CCOCC.CCOCC.C[C@@H](O)CNc1cc(I)cc(N)n1.Cc1ccc(NC(=O)N2CC=C(CC(F)(F)F)C2)cc1-c1cc(N)nc(NC[C@@H](C)O)c1.Cc1ccc(NC(=O)N2CC=C(CC(F)(F)F)C2)cc1B1OC(C)(C)C(C)(C)O1. The summed E-state index contributed by atoms with van der Waals surface area (Å²) in [5, 5.41) is 30.0. The first kappa shape index (κ1) is 72.4. The van der Waals surface area contributed by atoms with Gasteiger partial charge in [0.05, 0.1) is 36.3 Å². The van der Waals surface area contributed by atoms with Crippen LogP contribution >= 0.6 is 22.6 Å². The second kappa shape index (κ2) is 33.7. The fraction of sp³-hybridized carbons (Fsp3) is 0.517. The highest BCUT2D eigenvalue weighted by atomic mass is 127. The van der Waals surface area contributed by atoms with Gasteiger partial charge in [0.15, 0.2) is 0 Å². The average Bonchev–Trinajstić information content (AvgIpc) is 1.98. The number of pyridine rings is 2. The van der Waals surface area contributed by atoms with Crippen molar-refractivity contribution in [3.05, 3.63) is 98.7 Å². The van der Waals surface area contributed by atoms with Crippen LogP contribution in [0.15, 0.2) is 84.0 Å². The van der Waals surface area contributed by atoms with Gasteiger partial charge in [-0.25, -0.2) is 19.6 Å². The lowest BCUT2D eigenvalue weighted by molar-refractivity contribution is -0.128. The molecule has 2 aromatic carbocycles. The number of urea groups is 2. The number of anilines is 6. The zero-order valence-electron chi connectivity index (χ0n) is 50.1. The number of nitrogens with two attached hydrogens (primary N) is 2. The van der Waals surface area contributed by atoms with Crippen molar-refractivity contribution in [3.8, 4) is 11.1 Å². The van der Waals surface area contributed by atoms with Gasteiger partial charge in [-0.05, 0) is 188 Å². The number of carbonyl (C=O) groups excluding carboxylic acids is 2. The Labute approximate surface area is 504 Å². The van der Waals surface area contributed by atoms with E-state index in [0.29, 0.717) is 47.7 Å². The Morgan fingerprint density at radius 3 is 1.50 bits per heavy atom. The van der Waals surface area contributed by atoms with Crippen molar-refractivity contribution in [2.45, 2.75) is 132 Å². The molecule has 26 heteroatoms. The summed E-state index contributed by atoms with van der Waals surface area (Å²) in [4.78, 5) is 36.0. The molecule has 2 atom stereocenters. The molecule has 0 bridgehead atoms.